The summed E-state index contributed by atoms with van der Waals surface area (Å²) in [5, 5.41) is 3.93. The quantitative estimate of drug-likeness (QED) is 0.646. The zero-order chi connectivity index (χ0) is 12.4. The van der Waals surface area contributed by atoms with Crippen LogP contribution in [0.15, 0.2) is 23.3 Å². The number of amides is 1. The number of rotatable bonds is 3. The summed E-state index contributed by atoms with van der Waals surface area (Å²) in [6.45, 7) is 1.14. The van der Waals surface area contributed by atoms with Crippen LogP contribution in [0.1, 0.15) is 18.4 Å². The van der Waals surface area contributed by atoms with Gasteiger partial charge in [-0.05, 0) is 36.6 Å². The van der Waals surface area contributed by atoms with Crippen molar-refractivity contribution in [3.8, 4) is 11.5 Å². The third kappa shape index (κ3) is 2.45. The molecule has 0 atom stereocenters. The standard InChI is InChI=1S/C13H14N2O3/c16-13(10-2-3-10)15-14-8-9-1-4-11-12(7-9)18-6-5-17-11/h1,4,7-8,10H,2-3,5-6H2,(H,15,16). The second-order valence-electron chi connectivity index (χ2n) is 4.41. The summed E-state index contributed by atoms with van der Waals surface area (Å²) in [5.74, 6) is 1.64. The first-order valence-corrected chi connectivity index (χ1v) is 6.05. The number of hydrogen-bond donors (Lipinski definition) is 1. The lowest BCUT2D eigenvalue weighted by Crippen LogP contribution is -2.19. The Balaban J connectivity index is 1.64. The third-order valence-electron chi connectivity index (χ3n) is 2.90. The van der Waals surface area contributed by atoms with Gasteiger partial charge in [0, 0.05) is 5.92 Å². The highest BCUT2D eigenvalue weighted by Crippen LogP contribution is 2.30. The zero-order valence-electron chi connectivity index (χ0n) is 9.89. The summed E-state index contributed by atoms with van der Waals surface area (Å²) in [4.78, 5) is 11.4. The lowest BCUT2D eigenvalue weighted by atomic mass is 10.2. The molecule has 18 heavy (non-hydrogen) atoms. The van der Waals surface area contributed by atoms with Crippen LogP contribution in [0.5, 0.6) is 11.5 Å². The molecule has 0 spiro atoms. The van der Waals surface area contributed by atoms with Gasteiger partial charge < -0.3 is 9.47 Å². The van der Waals surface area contributed by atoms with E-state index >= 15 is 0 Å². The minimum atomic E-state index is 0.00351. The zero-order valence-corrected chi connectivity index (χ0v) is 9.89. The maximum Gasteiger partial charge on any atom is 0.243 e. The molecule has 0 unspecified atom stereocenters. The fourth-order valence-corrected chi connectivity index (χ4v) is 1.75. The molecule has 94 valence electrons. The average molecular weight is 246 g/mol. The molecule has 1 fully saturated rings. The van der Waals surface area contributed by atoms with Gasteiger partial charge in [-0.25, -0.2) is 5.43 Å². The monoisotopic (exact) mass is 246 g/mol. The van der Waals surface area contributed by atoms with E-state index in [2.05, 4.69) is 10.5 Å². The minimum absolute atomic E-state index is 0.00351. The normalized spacial score (nSPS) is 17.8. The summed E-state index contributed by atoms with van der Waals surface area (Å²) in [6.07, 6.45) is 3.56. The molecular weight excluding hydrogens is 232 g/mol. The summed E-state index contributed by atoms with van der Waals surface area (Å²) in [5.41, 5.74) is 3.40. The summed E-state index contributed by atoms with van der Waals surface area (Å²) in [6, 6.07) is 5.57. The molecule has 1 amide bonds. The Morgan fingerprint density at radius 2 is 2.06 bits per heavy atom. The summed E-state index contributed by atoms with van der Waals surface area (Å²) < 4.78 is 10.9. The van der Waals surface area contributed by atoms with Gasteiger partial charge in [0.2, 0.25) is 5.91 Å². The van der Waals surface area contributed by atoms with E-state index in [0.29, 0.717) is 13.2 Å². The Labute approximate surface area is 105 Å². The topological polar surface area (TPSA) is 59.9 Å². The van der Waals surface area contributed by atoms with Crippen molar-refractivity contribution in [2.45, 2.75) is 12.8 Å². The first kappa shape index (κ1) is 11.1. The molecular formula is C13H14N2O3. The molecule has 1 aromatic carbocycles. The van der Waals surface area contributed by atoms with E-state index in [1.54, 1.807) is 6.21 Å². The van der Waals surface area contributed by atoms with E-state index in [9.17, 15) is 4.79 Å². The van der Waals surface area contributed by atoms with Gasteiger partial charge in [-0.2, -0.15) is 5.10 Å². The van der Waals surface area contributed by atoms with Crippen LogP contribution in [-0.2, 0) is 4.79 Å². The van der Waals surface area contributed by atoms with Crippen molar-refractivity contribution in [2.75, 3.05) is 13.2 Å². The minimum Gasteiger partial charge on any atom is -0.486 e. The maximum absolute atomic E-state index is 11.4. The number of carbonyl (C=O) groups is 1. The van der Waals surface area contributed by atoms with Crippen molar-refractivity contribution in [3.63, 3.8) is 0 Å². The van der Waals surface area contributed by atoms with E-state index in [1.165, 1.54) is 0 Å². The third-order valence-corrected chi connectivity index (χ3v) is 2.90. The first-order valence-electron chi connectivity index (χ1n) is 6.05. The van der Waals surface area contributed by atoms with Crippen LogP contribution in [0.3, 0.4) is 0 Å². The SMILES string of the molecule is O=C(NN=Cc1ccc2c(c1)OCCO2)C1CC1. The number of carbonyl (C=O) groups excluding carboxylic acids is 1. The van der Waals surface area contributed by atoms with E-state index in [4.69, 9.17) is 9.47 Å². The van der Waals surface area contributed by atoms with Crippen LogP contribution in [0.25, 0.3) is 0 Å². The molecule has 1 N–H and O–H groups in total. The highest BCUT2D eigenvalue weighted by atomic mass is 16.6. The molecule has 1 aromatic rings. The van der Waals surface area contributed by atoms with Crippen LogP contribution in [0.4, 0.5) is 0 Å². The van der Waals surface area contributed by atoms with Crippen LogP contribution < -0.4 is 14.9 Å². The van der Waals surface area contributed by atoms with Crippen LogP contribution in [0, 0.1) is 5.92 Å². The lowest BCUT2D eigenvalue weighted by molar-refractivity contribution is -0.122. The number of ether oxygens (including phenoxy) is 2. The largest absolute Gasteiger partial charge is 0.486 e. The number of hydrogen-bond acceptors (Lipinski definition) is 4. The van der Waals surface area contributed by atoms with Gasteiger partial charge in [0.1, 0.15) is 13.2 Å². The molecule has 1 heterocycles. The lowest BCUT2D eigenvalue weighted by Gasteiger charge is -2.18. The summed E-state index contributed by atoms with van der Waals surface area (Å²) >= 11 is 0. The van der Waals surface area contributed by atoms with Gasteiger partial charge in [0.05, 0.1) is 6.21 Å². The molecule has 1 aliphatic carbocycles. The Morgan fingerprint density at radius 1 is 1.28 bits per heavy atom. The fraction of sp³-hybridized carbons (Fsp3) is 0.385. The maximum atomic E-state index is 11.4. The molecule has 0 bridgehead atoms. The van der Waals surface area contributed by atoms with Gasteiger partial charge in [0.25, 0.3) is 0 Å². The number of benzene rings is 1. The molecule has 0 radical (unpaired) electrons. The fourth-order valence-electron chi connectivity index (χ4n) is 1.75. The van der Waals surface area contributed by atoms with E-state index < -0.39 is 0 Å². The molecule has 5 nitrogen and oxygen atoms in total. The van der Waals surface area contributed by atoms with Gasteiger partial charge in [-0.3, -0.25) is 4.79 Å². The number of nitrogens with zero attached hydrogens (tertiary/aromatic N) is 1. The van der Waals surface area contributed by atoms with E-state index in [1.807, 2.05) is 18.2 Å². The van der Waals surface area contributed by atoms with Crippen LogP contribution >= 0.6 is 0 Å². The predicted molar refractivity (Wildman–Crippen MR) is 65.9 cm³/mol. The Bertz CT molecular complexity index is 495. The van der Waals surface area contributed by atoms with Crippen LogP contribution in [-0.4, -0.2) is 25.3 Å². The Kier molecular flexibility index (Phi) is 2.88. The first-order chi connectivity index (χ1) is 8.83. The van der Waals surface area contributed by atoms with Gasteiger partial charge in [0.15, 0.2) is 11.5 Å². The molecule has 1 aliphatic heterocycles. The Hall–Kier alpha value is -2.04. The van der Waals surface area contributed by atoms with Gasteiger partial charge in [-0.15, -0.1) is 0 Å². The van der Waals surface area contributed by atoms with Crippen molar-refractivity contribution >= 4 is 12.1 Å². The van der Waals surface area contributed by atoms with Crippen molar-refractivity contribution < 1.29 is 14.3 Å². The van der Waals surface area contributed by atoms with Gasteiger partial charge in [-0.1, -0.05) is 0 Å². The molecule has 0 saturated heterocycles. The number of hydrazone groups is 1. The van der Waals surface area contributed by atoms with Crippen molar-refractivity contribution in [1.82, 2.24) is 5.43 Å². The van der Waals surface area contributed by atoms with Crippen molar-refractivity contribution in [1.29, 1.82) is 0 Å². The predicted octanol–water partition coefficient (Wildman–Crippen LogP) is 1.32. The highest BCUT2D eigenvalue weighted by Gasteiger charge is 2.29. The van der Waals surface area contributed by atoms with E-state index in [-0.39, 0.29) is 11.8 Å². The summed E-state index contributed by atoms with van der Waals surface area (Å²) in [7, 11) is 0. The second-order valence-corrected chi connectivity index (χ2v) is 4.41. The van der Waals surface area contributed by atoms with Crippen molar-refractivity contribution in [3.05, 3.63) is 23.8 Å². The average Bonchev–Trinajstić information content (AvgIpc) is 3.23. The Morgan fingerprint density at radius 3 is 2.83 bits per heavy atom. The molecule has 0 aromatic heterocycles. The van der Waals surface area contributed by atoms with Gasteiger partial charge >= 0.3 is 0 Å². The van der Waals surface area contributed by atoms with Crippen molar-refractivity contribution in [2.24, 2.45) is 11.0 Å². The smallest absolute Gasteiger partial charge is 0.243 e. The second kappa shape index (κ2) is 4.68. The van der Waals surface area contributed by atoms with Crippen LogP contribution in [0.2, 0.25) is 0 Å². The van der Waals surface area contributed by atoms with E-state index in [0.717, 1.165) is 29.9 Å². The number of fused-ring (bicyclic) bond motifs is 1. The number of nitrogens with one attached hydrogen (secondary N) is 1. The highest BCUT2D eigenvalue weighted by molar-refractivity contribution is 5.84. The molecule has 3 rings (SSSR count). The molecule has 2 aliphatic rings. The molecule has 1 saturated carbocycles. The molecule has 5 heteroatoms.